The maximum absolute atomic E-state index is 12.2. The molecule has 2 aliphatic rings. The first-order valence-corrected chi connectivity index (χ1v) is 8.14. The van der Waals surface area contributed by atoms with Crippen LogP contribution in [0.2, 0.25) is 0 Å². The van der Waals surface area contributed by atoms with Gasteiger partial charge in [0.05, 0.1) is 24.2 Å². The van der Waals surface area contributed by atoms with Crippen LogP contribution in [0, 0.1) is 0 Å². The maximum atomic E-state index is 12.2. The van der Waals surface area contributed by atoms with Crippen LogP contribution in [0.3, 0.4) is 0 Å². The molecule has 1 saturated heterocycles. The lowest BCUT2D eigenvalue weighted by atomic mass is 10.1. The van der Waals surface area contributed by atoms with E-state index >= 15 is 0 Å². The number of benzene rings is 2. The Balaban J connectivity index is 1.35. The molecule has 2 aromatic rings. The molecule has 1 unspecified atom stereocenters. The van der Waals surface area contributed by atoms with Crippen molar-refractivity contribution < 1.29 is 28.7 Å². The molecule has 1 fully saturated rings. The first-order chi connectivity index (χ1) is 12.6. The standard InChI is InChI=1S/C19H15NO6/c21-17(9-12-5-7-13(8-6-12)24-10-14-11-25-14)26-20-18(22)15-3-1-2-4-16(15)19(20)23/h1-8,14H,9-11H2. The van der Waals surface area contributed by atoms with E-state index in [1.54, 1.807) is 36.4 Å². The highest BCUT2D eigenvalue weighted by Crippen LogP contribution is 2.23. The molecule has 0 saturated carbocycles. The summed E-state index contributed by atoms with van der Waals surface area (Å²) in [6, 6.07) is 13.3. The number of rotatable bonds is 6. The Morgan fingerprint density at radius 2 is 1.65 bits per heavy atom. The minimum Gasteiger partial charge on any atom is -0.491 e. The number of imide groups is 1. The second kappa shape index (κ2) is 6.61. The number of amides is 2. The van der Waals surface area contributed by atoms with Gasteiger partial charge in [-0.05, 0) is 29.8 Å². The summed E-state index contributed by atoms with van der Waals surface area (Å²) in [5.74, 6) is -1.28. The van der Waals surface area contributed by atoms with Crippen molar-refractivity contribution in [2.75, 3.05) is 13.2 Å². The molecule has 2 amide bonds. The summed E-state index contributed by atoms with van der Waals surface area (Å²) in [4.78, 5) is 41.4. The van der Waals surface area contributed by atoms with E-state index in [1.807, 2.05) is 0 Å². The van der Waals surface area contributed by atoms with Crippen molar-refractivity contribution in [2.45, 2.75) is 12.5 Å². The van der Waals surface area contributed by atoms with Crippen LogP contribution < -0.4 is 4.74 Å². The number of ether oxygens (including phenoxy) is 2. The van der Waals surface area contributed by atoms with Crippen LogP contribution in [0.1, 0.15) is 26.3 Å². The average Bonchev–Trinajstić information content (AvgIpc) is 3.45. The number of hydrogen-bond acceptors (Lipinski definition) is 6. The van der Waals surface area contributed by atoms with Gasteiger partial charge in [-0.15, -0.1) is 0 Å². The van der Waals surface area contributed by atoms with Gasteiger partial charge in [0.25, 0.3) is 11.8 Å². The molecule has 0 radical (unpaired) electrons. The van der Waals surface area contributed by atoms with Crippen LogP contribution in [-0.2, 0) is 20.8 Å². The van der Waals surface area contributed by atoms with Gasteiger partial charge >= 0.3 is 5.97 Å². The lowest BCUT2D eigenvalue weighted by Crippen LogP contribution is -2.33. The molecule has 0 aliphatic carbocycles. The van der Waals surface area contributed by atoms with Crippen LogP contribution in [0.5, 0.6) is 5.75 Å². The predicted molar refractivity (Wildman–Crippen MR) is 88.4 cm³/mol. The number of epoxide rings is 1. The predicted octanol–water partition coefficient (Wildman–Crippen LogP) is 1.76. The van der Waals surface area contributed by atoms with E-state index in [-0.39, 0.29) is 23.7 Å². The fourth-order valence-electron chi connectivity index (χ4n) is 2.61. The molecule has 2 aliphatic heterocycles. The summed E-state index contributed by atoms with van der Waals surface area (Å²) in [6.07, 6.45) is 0.101. The molecule has 0 aromatic heterocycles. The van der Waals surface area contributed by atoms with Gasteiger partial charge in [0.2, 0.25) is 0 Å². The number of fused-ring (bicyclic) bond motifs is 1. The summed E-state index contributed by atoms with van der Waals surface area (Å²) >= 11 is 0. The van der Waals surface area contributed by atoms with Crippen molar-refractivity contribution in [3.8, 4) is 5.75 Å². The van der Waals surface area contributed by atoms with E-state index in [9.17, 15) is 14.4 Å². The highest BCUT2D eigenvalue weighted by molar-refractivity contribution is 6.20. The highest BCUT2D eigenvalue weighted by atomic mass is 16.7. The molecular formula is C19H15NO6. The van der Waals surface area contributed by atoms with Gasteiger partial charge in [0, 0.05) is 0 Å². The van der Waals surface area contributed by atoms with E-state index in [4.69, 9.17) is 14.3 Å². The molecule has 2 heterocycles. The van der Waals surface area contributed by atoms with Crippen LogP contribution >= 0.6 is 0 Å². The van der Waals surface area contributed by atoms with Gasteiger partial charge in [-0.3, -0.25) is 9.59 Å². The van der Waals surface area contributed by atoms with Crippen LogP contribution in [0.15, 0.2) is 48.5 Å². The third-order valence-corrected chi connectivity index (χ3v) is 4.06. The third-order valence-electron chi connectivity index (χ3n) is 4.06. The minimum atomic E-state index is -0.695. The molecular weight excluding hydrogens is 338 g/mol. The van der Waals surface area contributed by atoms with Gasteiger partial charge in [0.1, 0.15) is 18.5 Å². The Kier molecular flexibility index (Phi) is 4.14. The normalized spacial score (nSPS) is 17.8. The Morgan fingerprint density at radius 3 is 2.23 bits per heavy atom. The van der Waals surface area contributed by atoms with E-state index in [0.717, 1.165) is 6.61 Å². The summed E-state index contributed by atoms with van der Waals surface area (Å²) < 4.78 is 10.6. The SMILES string of the molecule is O=C(Cc1ccc(OCC2CO2)cc1)ON1C(=O)c2ccccc2C1=O. The molecule has 7 heteroatoms. The Hall–Kier alpha value is -3.19. The number of hydroxylamine groups is 2. The first kappa shape index (κ1) is 16.3. The third kappa shape index (κ3) is 3.29. The van der Waals surface area contributed by atoms with Crippen LogP contribution in [0.4, 0.5) is 0 Å². The van der Waals surface area contributed by atoms with E-state index < -0.39 is 17.8 Å². The van der Waals surface area contributed by atoms with Gasteiger partial charge in [-0.25, -0.2) is 4.79 Å². The zero-order chi connectivity index (χ0) is 18.1. The Morgan fingerprint density at radius 1 is 1.04 bits per heavy atom. The first-order valence-electron chi connectivity index (χ1n) is 8.14. The Bertz CT molecular complexity index is 837. The van der Waals surface area contributed by atoms with E-state index in [1.165, 1.54) is 12.1 Å². The Labute approximate surface area is 149 Å². The molecule has 2 aromatic carbocycles. The fraction of sp³-hybridized carbons (Fsp3) is 0.211. The molecule has 132 valence electrons. The zero-order valence-corrected chi connectivity index (χ0v) is 13.7. The molecule has 1 atom stereocenters. The van der Waals surface area contributed by atoms with Gasteiger partial charge in [0.15, 0.2) is 0 Å². The van der Waals surface area contributed by atoms with Gasteiger partial charge in [-0.2, -0.15) is 0 Å². The van der Waals surface area contributed by atoms with E-state index in [2.05, 4.69) is 0 Å². The molecule has 26 heavy (non-hydrogen) atoms. The number of carbonyl (C=O) groups is 3. The second-order valence-electron chi connectivity index (χ2n) is 6.00. The zero-order valence-electron chi connectivity index (χ0n) is 13.7. The van der Waals surface area contributed by atoms with Crippen molar-refractivity contribution in [3.05, 3.63) is 65.2 Å². The fourth-order valence-corrected chi connectivity index (χ4v) is 2.61. The largest absolute Gasteiger partial charge is 0.491 e. The lowest BCUT2D eigenvalue weighted by Gasteiger charge is -2.12. The minimum absolute atomic E-state index is 0.0700. The monoisotopic (exact) mass is 353 g/mol. The quantitative estimate of drug-likeness (QED) is 0.581. The van der Waals surface area contributed by atoms with Crippen LogP contribution in [0.25, 0.3) is 0 Å². The van der Waals surface area contributed by atoms with Crippen molar-refractivity contribution >= 4 is 17.8 Å². The average molecular weight is 353 g/mol. The second-order valence-corrected chi connectivity index (χ2v) is 6.00. The summed E-state index contributed by atoms with van der Waals surface area (Å²) in [5, 5.41) is 0.514. The number of carbonyl (C=O) groups excluding carboxylic acids is 3. The molecule has 0 spiro atoms. The highest BCUT2D eigenvalue weighted by Gasteiger charge is 2.38. The maximum Gasteiger partial charge on any atom is 0.337 e. The molecule has 0 bridgehead atoms. The molecule has 7 nitrogen and oxygen atoms in total. The summed E-state index contributed by atoms with van der Waals surface area (Å²) in [6.45, 7) is 1.23. The topological polar surface area (TPSA) is 85.4 Å². The summed E-state index contributed by atoms with van der Waals surface area (Å²) in [5.41, 5.74) is 1.14. The van der Waals surface area contributed by atoms with Crippen LogP contribution in [-0.4, -0.2) is 42.2 Å². The van der Waals surface area contributed by atoms with E-state index in [0.29, 0.717) is 23.0 Å². The number of nitrogens with zero attached hydrogens (tertiary/aromatic N) is 1. The van der Waals surface area contributed by atoms with Crippen molar-refractivity contribution in [3.63, 3.8) is 0 Å². The molecule has 4 rings (SSSR count). The number of hydrogen-bond donors (Lipinski definition) is 0. The van der Waals surface area contributed by atoms with Crippen molar-refractivity contribution in [1.82, 2.24) is 5.06 Å². The summed E-state index contributed by atoms with van der Waals surface area (Å²) in [7, 11) is 0. The van der Waals surface area contributed by atoms with Gasteiger partial charge < -0.3 is 14.3 Å². The lowest BCUT2D eigenvalue weighted by molar-refractivity contribution is -0.167. The smallest absolute Gasteiger partial charge is 0.337 e. The molecule has 0 N–H and O–H groups in total. The van der Waals surface area contributed by atoms with Crippen molar-refractivity contribution in [1.29, 1.82) is 0 Å². The van der Waals surface area contributed by atoms with Gasteiger partial charge in [-0.1, -0.05) is 29.3 Å². The van der Waals surface area contributed by atoms with Crippen molar-refractivity contribution in [2.24, 2.45) is 0 Å².